The van der Waals surface area contributed by atoms with Crippen LogP contribution >= 0.6 is 0 Å². The Bertz CT molecular complexity index is 525. The summed E-state index contributed by atoms with van der Waals surface area (Å²) in [5.41, 5.74) is 0. The van der Waals surface area contributed by atoms with E-state index in [1.807, 2.05) is 6.92 Å². The van der Waals surface area contributed by atoms with E-state index >= 15 is 0 Å². The summed E-state index contributed by atoms with van der Waals surface area (Å²) in [6, 6.07) is 0. The number of carbonyl (C=O) groups excluding carboxylic acids is 1. The Morgan fingerprint density at radius 1 is 0.759 bits per heavy atom. The van der Waals surface area contributed by atoms with Crippen LogP contribution in [-0.2, 0) is 9.53 Å². The SMILES string of the molecule is CC/C=C\C/C=C\C/C=C\C/C=C\C/C=C\CCC(CC)C(=O)OC(CO)CO. The third kappa shape index (κ3) is 16.7. The molecule has 0 rings (SSSR count). The van der Waals surface area contributed by atoms with Crippen LogP contribution in [0.1, 0.15) is 65.2 Å². The molecule has 0 aromatic heterocycles. The molecule has 0 aromatic rings. The third-order valence-corrected chi connectivity index (χ3v) is 4.36. The number of aliphatic hydroxyl groups is 2. The summed E-state index contributed by atoms with van der Waals surface area (Å²) in [6.07, 6.45) is 27.9. The second-order valence-electron chi connectivity index (χ2n) is 6.81. The molecule has 4 heteroatoms. The van der Waals surface area contributed by atoms with E-state index in [1.54, 1.807) is 0 Å². The highest BCUT2D eigenvalue weighted by Gasteiger charge is 2.20. The Morgan fingerprint density at radius 3 is 1.62 bits per heavy atom. The zero-order valence-corrected chi connectivity index (χ0v) is 18.2. The molecular formula is C25H40O4. The smallest absolute Gasteiger partial charge is 0.309 e. The second kappa shape index (κ2) is 20.8. The van der Waals surface area contributed by atoms with Gasteiger partial charge < -0.3 is 14.9 Å². The summed E-state index contributed by atoms with van der Waals surface area (Å²) in [4.78, 5) is 12.0. The van der Waals surface area contributed by atoms with E-state index in [-0.39, 0.29) is 25.1 Å². The molecule has 0 aliphatic rings. The second-order valence-corrected chi connectivity index (χ2v) is 6.81. The van der Waals surface area contributed by atoms with Crippen LogP contribution in [0.25, 0.3) is 0 Å². The van der Waals surface area contributed by atoms with Crippen molar-refractivity contribution in [3.63, 3.8) is 0 Å². The van der Waals surface area contributed by atoms with E-state index in [0.717, 1.165) is 38.5 Å². The minimum atomic E-state index is -0.815. The number of carbonyl (C=O) groups is 1. The average molecular weight is 405 g/mol. The first-order valence-electron chi connectivity index (χ1n) is 10.9. The van der Waals surface area contributed by atoms with Crippen LogP contribution in [0.5, 0.6) is 0 Å². The zero-order chi connectivity index (χ0) is 21.6. The fourth-order valence-corrected chi connectivity index (χ4v) is 2.55. The van der Waals surface area contributed by atoms with Gasteiger partial charge in [-0.3, -0.25) is 4.79 Å². The molecule has 1 atom stereocenters. The van der Waals surface area contributed by atoms with Crippen molar-refractivity contribution in [3.8, 4) is 0 Å². The first kappa shape index (κ1) is 27.1. The molecule has 0 saturated carbocycles. The van der Waals surface area contributed by atoms with Crippen molar-refractivity contribution < 1.29 is 19.7 Å². The summed E-state index contributed by atoms with van der Waals surface area (Å²) >= 11 is 0. The fourth-order valence-electron chi connectivity index (χ4n) is 2.55. The Labute approximate surface area is 177 Å². The predicted molar refractivity (Wildman–Crippen MR) is 122 cm³/mol. The van der Waals surface area contributed by atoms with Gasteiger partial charge in [0.05, 0.1) is 19.1 Å². The Morgan fingerprint density at radius 2 is 1.21 bits per heavy atom. The lowest BCUT2D eigenvalue weighted by Crippen LogP contribution is -2.29. The molecule has 0 amide bonds. The number of hydrogen-bond acceptors (Lipinski definition) is 4. The molecule has 0 aliphatic heterocycles. The van der Waals surface area contributed by atoms with Crippen molar-refractivity contribution in [2.24, 2.45) is 5.92 Å². The highest BCUT2D eigenvalue weighted by Crippen LogP contribution is 2.15. The molecule has 2 N–H and O–H groups in total. The van der Waals surface area contributed by atoms with Crippen LogP contribution in [0.4, 0.5) is 0 Å². The highest BCUT2D eigenvalue weighted by molar-refractivity contribution is 5.72. The minimum Gasteiger partial charge on any atom is -0.457 e. The highest BCUT2D eigenvalue weighted by atomic mass is 16.6. The Balaban J connectivity index is 3.86. The van der Waals surface area contributed by atoms with Gasteiger partial charge in [0, 0.05) is 0 Å². The monoisotopic (exact) mass is 404 g/mol. The maximum atomic E-state index is 12.0. The maximum Gasteiger partial charge on any atom is 0.309 e. The van der Waals surface area contributed by atoms with Crippen LogP contribution in [0.2, 0.25) is 0 Å². The van der Waals surface area contributed by atoms with Crippen LogP contribution in [-0.4, -0.2) is 35.5 Å². The number of aliphatic hydroxyl groups excluding tert-OH is 2. The van der Waals surface area contributed by atoms with Crippen molar-refractivity contribution in [3.05, 3.63) is 60.8 Å². The first-order valence-corrected chi connectivity index (χ1v) is 10.9. The van der Waals surface area contributed by atoms with Gasteiger partial charge in [-0.2, -0.15) is 0 Å². The Hall–Kier alpha value is -1.91. The number of hydrogen-bond donors (Lipinski definition) is 2. The van der Waals surface area contributed by atoms with Gasteiger partial charge in [-0.05, 0) is 51.4 Å². The molecule has 1 unspecified atom stereocenters. The van der Waals surface area contributed by atoms with Gasteiger partial charge in [0.15, 0.2) is 0 Å². The summed E-state index contributed by atoms with van der Waals surface area (Å²) in [6.45, 7) is 3.38. The number of ether oxygens (including phenoxy) is 1. The van der Waals surface area contributed by atoms with Gasteiger partial charge in [0.2, 0.25) is 0 Å². The molecule has 0 aliphatic carbocycles. The lowest BCUT2D eigenvalue weighted by molar-refractivity contribution is -0.158. The van der Waals surface area contributed by atoms with Crippen molar-refractivity contribution in [1.82, 2.24) is 0 Å². The summed E-state index contributed by atoms with van der Waals surface area (Å²) in [5, 5.41) is 18.0. The van der Waals surface area contributed by atoms with E-state index in [1.165, 1.54) is 0 Å². The van der Waals surface area contributed by atoms with Gasteiger partial charge in [-0.1, -0.05) is 74.6 Å². The van der Waals surface area contributed by atoms with Crippen LogP contribution in [0.3, 0.4) is 0 Å². The molecule has 0 radical (unpaired) electrons. The van der Waals surface area contributed by atoms with E-state index in [4.69, 9.17) is 14.9 Å². The average Bonchev–Trinajstić information content (AvgIpc) is 2.74. The van der Waals surface area contributed by atoms with Crippen LogP contribution < -0.4 is 0 Å². The van der Waals surface area contributed by atoms with Gasteiger partial charge in [-0.25, -0.2) is 0 Å². The van der Waals surface area contributed by atoms with Gasteiger partial charge in [0.25, 0.3) is 0 Å². The van der Waals surface area contributed by atoms with Crippen molar-refractivity contribution >= 4 is 5.97 Å². The number of esters is 1. The molecule has 0 bridgehead atoms. The molecule has 0 fully saturated rings. The van der Waals surface area contributed by atoms with Crippen molar-refractivity contribution in [2.75, 3.05) is 13.2 Å². The van der Waals surface area contributed by atoms with E-state index in [0.29, 0.717) is 12.8 Å². The normalized spacial score (nSPS) is 13.8. The lowest BCUT2D eigenvalue weighted by atomic mass is 10.0. The molecule has 0 spiro atoms. The Kier molecular flexibility index (Phi) is 19.4. The van der Waals surface area contributed by atoms with E-state index < -0.39 is 6.10 Å². The van der Waals surface area contributed by atoms with E-state index in [2.05, 4.69) is 67.7 Å². The molecule has 0 aromatic carbocycles. The third-order valence-electron chi connectivity index (χ3n) is 4.36. The van der Waals surface area contributed by atoms with Gasteiger partial charge in [-0.15, -0.1) is 0 Å². The van der Waals surface area contributed by atoms with E-state index in [9.17, 15) is 4.79 Å². The van der Waals surface area contributed by atoms with Crippen molar-refractivity contribution in [1.29, 1.82) is 0 Å². The molecule has 29 heavy (non-hydrogen) atoms. The van der Waals surface area contributed by atoms with Crippen LogP contribution in [0, 0.1) is 5.92 Å². The molecular weight excluding hydrogens is 364 g/mol. The summed E-state index contributed by atoms with van der Waals surface area (Å²) < 4.78 is 5.09. The largest absolute Gasteiger partial charge is 0.457 e. The summed E-state index contributed by atoms with van der Waals surface area (Å²) in [7, 11) is 0. The molecule has 164 valence electrons. The number of allylic oxidation sites excluding steroid dienone is 10. The quantitative estimate of drug-likeness (QED) is 0.250. The van der Waals surface area contributed by atoms with Gasteiger partial charge >= 0.3 is 5.97 Å². The zero-order valence-electron chi connectivity index (χ0n) is 18.2. The first-order chi connectivity index (χ1) is 14.2. The fraction of sp³-hybridized carbons (Fsp3) is 0.560. The summed E-state index contributed by atoms with van der Waals surface area (Å²) in [5.74, 6) is -0.536. The topological polar surface area (TPSA) is 66.8 Å². The lowest BCUT2D eigenvalue weighted by Gasteiger charge is -2.17. The number of rotatable bonds is 17. The maximum absolute atomic E-state index is 12.0. The molecule has 4 nitrogen and oxygen atoms in total. The standard InChI is InChI=1S/C25H40O4/c1-3-5-6-7-8-9-10-11-12-13-14-15-16-17-18-19-20-23(4-2)25(28)29-24(21-26)22-27/h5-6,8-9,11-12,14-15,17-18,23-24,26-27H,3-4,7,10,13,16,19-22H2,1-2H3/b6-5-,9-8-,12-11-,15-14-,18-17-. The molecule has 0 saturated heterocycles. The predicted octanol–water partition coefficient (Wildman–Crippen LogP) is 5.44. The minimum absolute atomic E-state index is 0.197. The van der Waals surface area contributed by atoms with Gasteiger partial charge in [0.1, 0.15) is 6.10 Å². The van der Waals surface area contributed by atoms with Crippen LogP contribution in [0.15, 0.2) is 60.8 Å². The molecule has 0 heterocycles. The van der Waals surface area contributed by atoms with Crippen molar-refractivity contribution in [2.45, 2.75) is 71.3 Å².